The molecule has 0 atom stereocenters. The molecule has 0 N–H and O–H groups in total. The largest absolute Gasteiger partial charge is 0.487 e. The van der Waals surface area contributed by atoms with E-state index < -0.39 is 40.1 Å². The van der Waals surface area contributed by atoms with Gasteiger partial charge in [-0.2, -0.15) is 0 Å². The molecule has 0 aliphatic rings. The van der Waals surface area contributed by atoms with Gasteiger partial charge in [-0.25, -0.2) is 18.0 Å². The van der Waals surface area contributed by atoms with Crippen LogP contribution >= 0.6 is 23.2 Å². The normalized spacial score (nSPS) is 10.5. The number of methoxy groups -OCH3 is 1. The zero-order valence-corrected chi connectivity index (χ0v) is 13.1. The highest BCUT2D eigenvalue weighted by Gasteiger charge is 2.19. The SMILES string of the molecule is COC(=O)c1cccc(COc2cc(F)c(Cl)c(F)c2Cl)c1F. The lowest BCUT2D eigenvalue weighted by molar-refractivity contribution is 0.0595. The van der Waals surface area contributed by atoms with Gasteiger partial charge in [-0.3, -0.25) is 0 Å². The van der Waals surface area contributed by atoms with Gasteiger partial charge < -0.3 is 9.47 Å². The van der Waals surface area contributed by atoms with E-state index >= 15 is 0 Å². The van der Waals surface area contributed by atoms with Crippen molar-refractivity contribution in [3.8, 4) is 5.75 Å². The summed E-state index contributed by atoms with van der Waals surface area (Å²) < 4.78 is 50.7. The molecule has 0 fully saturated rings. The molecule has 2 rings (SSSR count). The second kappa shape index (κ2) is 7.10. The van der Waals surface area contributed by atoms with E-state index in [-0.39, 0.29) is 16.9 Å². The smallest absolute Gasteiger partial charge is 0.340 e. The van der Waals surface area contributed by atoms with E-state index in [0.717, 1.165) is 13.2 Å². The zero-order valence-electron chi connectivity index (χ0n) is 11.6. The number of hydrogen-bond donors (Lipinski definition) is 0. The first-order valence-electron chi connectivity index (χ1n) is 6.18. The van der Waals surface area contributed by atoms with Crippen molar-refractivity contribution in [3.63, 3.8) is 0 Å². The van der Waals surface area contributed by atoms with Crippen molar-refractivity contribution in [1.82, 2.24) is 0 Å². The average Bonchev–Trinajstić information content (AvgIpc) is 2.55. The summed E-state index contributed by atoms with van der Waals surface area (Å²) in [5.41, 5.74) is -0.298. The third-order valence-electron chi connectivity index (χ3n) is 2.94. The van der Waals surface area contributed by atoms with Crippen LogP contribution in [0, 0.1) is 17.5 Å². The second-order valence-electron chi connectivity index (χ2n) is 4.36. The molecule has 0 spiro atoms. The van der Waals surface area contributed by atoms with Crippen molar-refractivity contribution in [3.05, 3.63) is 62.9 Å². The number of carbonyl (C=O) groups is 1. The highest BCUT2D eigenvalue weighted by Crippen LogP contribution is 2.34. The molecule has 0 aliphatic carbocycles. The summed E-state index contributed by atoms with van der Waals surface area (Å²) in [6.45, 7) is -0.406. The standard InChI is InChI=1S/C15H9Cl2F3O3/c1-22-15(21)8-4-2-3-7(13(8)19)6-23-10-5-9(18)11(16)14(20)12(10)17/h2-5H,6H2,1H3. The summed E-state index contributed by atoms with van der Waals surface area (Å²) in [6, 6.07) is 4.78. The van der Waals surface area contributed by atoms with Crippen LogP contribution in [0.3, 0.4) is 0 Å². The highest BCUT2D eigenvalue weighted by molar-refractivity contribution is 6.35. The summed E-state index contributed by atoms with van der Waals surface area (Å²) in [6.07, 6.45) is 0. The minimum absolute atomic E-state index is 0.0141. The van der Waals surface area contributed by atoms with Crippen molar-refractivity contribution >= 4 is 29.2 Å². The second-order valence-corrected chi connectivity index (χ2v) is 5.11. The Morgan fingerprint density at radius 1 is 1.13 bits per heavy atom. The maximum Gasteiger partial charge on any atom is 0.340 e. The van der Waals surface area contributed by atoms with Gasteiger partial charge in [0, 0.05) is 11.6 Å². The number of ether oxygens (including phenoxy) is 2. The topological polar surface area (TPSA) is 35.5 Å². The van der Waals surface area contributed by atoms with Gasteiger partial charge in [0.25, 0.3) is 0 Å². The third kappa shape index (κ3) is 3.54. The van der Waals surface area contributed by atoms with Crippen LogP contribution in [0.15, 0.2) is 24.3 Å². The molecule has 2 aromatic carbocycles. The van der Waals surface area contributed by atoms with Crippen molar-refractivity contribution in [2.24, 2.45) is 0 Å². The number of halogens is 5. The van der Waals surface area contributed by atoms with Gasteiger partial charge in [-0.15, -0.1) is 0 Å². The van der Waals surface area contributed by atoms with Gasteiger partial charge in [0.05, 0.1) is 12.7 Å². The van der Waals surface area contributed by atoms with Gasteiger partial charge in [0.15, 0.2) is 5.82 Å². The summed E-state index contributed by atoms with van der Waals surface area (Å²) in [5.74, 6) is -4.29. The molecule has 0 saturated carbocycles. The molecule has 23 heavy (non-hydrogen) atoms. The van der Waals surface area contributed by atoms with Crippen LogP contribution in [0.1, 0.15) is 15.9 Å². The minimum atomic E-state index is -1.17. The number of rotatable bonds is 4. The Bertz CT molecular complexity index is 766. The molecule has 122 valence electrons. The van der Waals surface area contributed by atoms with Crippen LogP contribution in [0.25, 0.3) is 0 Å². The van der Waals surface area contributed by atoms with Crippen molar-refractivity contribution in [1.29, 1.82) is 0 Å². The molecular formula is C15H9Cl2F3O3. The first-order valence-corrected chi connectivity index (χ1v) is 6.94. The minimum Gasteiger partial charge on any atom is -0.487 e. The van der Waals surface area contributed by atoms with E-state index in [1.807, 2.05) is 0 Å². The Morgan fingerprint density at radius 3 is 2.48 bits per heavy atom. The maximum atomic E-state index is 14.2. The van der Waals surface area contributed by atoms with Crippen LogP contribution in [0.2, 0.25) is 10.0 Å². The van der Waals surface area contributed by atoms with E-state index in [9.17, 15) is 18.0 Å². The number of carbonyl (C=O) groups excluding carboxylic acids is 1. The number of hydrogen-bond acceptors (Lipinski definition) is 3. The number of esters is 1. The Hall–Kier alpha value is -1.92. The molecule has 0 heterocycles. The van der Waals surface area contributed by atoms with E-state index in [1.54, 1.807) is 0 Å². The average molecular weight is 365 g/mol. The van der Waals surface area contributed by atoms with E-state index in [4.69, 9.17) is 27.9 Å². The molecule has 0 aromatic heterocycles. The molecule has 0 saturated heterocycles. The molecule has 8 heteroatoms. The van der Waals surface area contributed by atoms with Crippen molar-refractivity contribution in [2.45, 2.75) is 6.61 Å². The molecule has 2 aromatic rings. The molecular weight excluding hydrogens is 356 g/mol. The monoisotopic (exact) mass is 364 g/mol. The summed E-state index contributed by atoms with van der Waals surface area (Å²) in [4.78, 5) is 11.4. The Morgan fingerprint density at radius 2 is 1.83 bits per heavy atom. The lowest BCUT2D eigenvalue weighted by Gasteiger charge is -2.11. The lowest BCUT2D eigenvalue weighted by Crippen LogP contribution is -2.08. The van der Waals surface area contributed by atoms with Crippen LogP contribution in [0.5, 0.6) is 5.75 Å². The van der Waals surface area contributed by atoms with Gasteiger partial charge in [-0.05, 0) is 6.07 Å². The fourth-order valence-electron chi connectivity index (χ4n) is 1.77. The van der Waals surface area contributed by atoms with Gasteiger partial charge in [0.2, 0.25) is 0 Å². The van der Waals surface area contributed by atoms with Gasteiger partial charge >= 0.3 is 5.97 Å². The first kappa shape index (κ1) is 17.4. The predicted molar refractivity (Wildman–Crippen MR) is 78.4 cm³/mol. The fourth-order valence-corrected chi connectivity index (χ4v) is 2.17. The molecule has 0 aliphatic heterocycles. The van der Waals surface area contributed by atoms with Crippen molar-refractivity contribution in [2.75, 3.05) is 7.11 Å². The fraction of sp³-hybridized carbons (Fsp3) is 0.133. The van der Waals surface area contributed by atoms with Crippen LogP contribution in [0.4, 0.5) is 13.2 Å². The van der Waals surface area contributed by atoms with Crippen LogP contribution < -0.4 is 4.74 Å². The van der Waals surface area contributed by atoms with Crippen LogP contribution in [-0.2, 0) is 11.3 Å². The van der Waals surface area contributed by atoms with Gasteiger partial charge in [-0.1, -0.05) is 35.3 Å². The Kier molecular flexibility index (Phi) is 5.38. The zero-order chi connectivity index (χ0) is 17.1. The van der Waals surface area contributed by atoms with Crippen molar-refractivity contribution < 1.29 is 27.4 Å². The van der Waals surface area contributed by atoms with E-state index in [0.29, 0.717) is 0 Å². The molecule has 0 amide bonds. The number of benzene rings is 2. The summed E-state index contributed by atoms with van der Waals surface area (Å²) in [7, 11) is 1.12. The quantitative estimate of drug-likeness (QED) is 0.445. The summed E-state index contributed by atoms with van der Waals surface area (Å²) in [5, 5.41) is -1.29. The Balaban J connectivity index is 2.27. The first-order chi connectivity index (χ1) is 10.9. The van der Waals surface area contributed by atoms with Gasteiger partial charge in [0.1, 0.15) is 34.0 Å². The van der Waals surface area contributed by atoms with E-state index in [1.165, 1.54) is 18.2 Å². The molecule has 0 radical (unpaired) electrons. The molecule has 0 unspecified atom stereocenters. The highest BCUT2D eigenvalue weighted by atomic mass is 35.5. The van der Waals surface area contributed by atoms with Crippen LogP contribution in [-0.4, -0.2) is 13.1 Å². The van der Waals surface area contributed by atoms with E-state index in [2.05, 4.69) is 4.74 Å². The lowest BCUT2D eigenvalue weighted by atomic mass is 10.1. The third-order valence-corrected chi connectivity index (χ3v) is 3.64. The summed E-state index contributed by atoms with van der Waals surface area (Å²) >= 11 is 11.0. The molecule has 0 bridgehead atoms. The maximum absolute atomic E-state index is 14.2. The predicted octanol–water partition coefficient (Wildman–Crippen LogP) is 4.78. The molecule has 3 nitrogen and oxygen atoms in total. The Labute approximate surface area is 139 Å².